The number of hydrogen-bond acceptors (Lipinski definition) is 4. The summed E-state index contributed by atoms with van der Waals surface area (Å²) in [5.74, 6) is 0.413. The molecule has 0 saturated carbocycles. The number of pyridine rings is 1. The quantitative estimate of drug-likeness (QED) is 0.806. The molecule has 1 aromatic carbocycles. The van der Waals surface area contributed by atoms with Gasteiger partial charge in [0.1, 0.15) is 5.60 Å². The van der Waals surface area contributed by atoms with E-state index in [1.165, 1.54) is 5.56 Å². The van der Waals surface area contributed by atoms with Crippen molar-refractivity contribution < 1.29 is 9.53 Å². The topological polar surface area (TPSA) is 68.5 Å². The molecular weight excluding hydrogens is 302 g/mol. The third-order valence-electron chi connectivity index (χ3n) is 4.42. The number of fused-ring (bicyclic) bond motifs is 1. The standard InChI is InChI=1S/C19H25N3O2/c1-19(2,3)24-18(23)22-11-8-13(9-12-22)14-6-7-16(20)17-15(14)5-4-10-21-17/h4-7,10,13H,8-9,11-12,20H2,1-3H3. The van der Waals surface area contributed by atoms with E-state index >= 15 is 0 Å². The highest BCUT2D eigenvalue weighted by Crippen LogP contribution is 2.34. The highest BCUT2D eigenvalue weighted by molar-refractivity contribution is 5.92. The maximum absolute atomic E-state index is 12.2. The molecule has 24 heavy (non-hydrogen) atoms. The number of anilines is 1. The van der Waals surface area contributed by atoms with Crippen molar-refractivity contribution in [1.29, 1.82) is 0 Å². The number of rotatable bonds is 1. The van der Waals surface area contributed by atoms with Crippen molar-refractivity contribution in [2.75, 3.05) is 18.8 Å². The second kappa shape index (κ2) is 6.30. The minimum atomic E-state index is -0.452. The van der Waals surface area contributed by atoms with Crippen LogP contribution in [0.15, 0.2) is 30.5 Å². The molecule has 1 amide bonds. The second-order valence-electron chi connectivity index (χ2n) is 7.39. The van der Waals surface area contributed by atoms with Crippen LogP contribution in [-0.4, -0.2) is 34.7 Å². The summed E-state index contributed by atoms with van der Waals surface area (Å²) in [6, 6.07) is 8.06. The van der Waals surface area contributed by atoms with Crippen LogP contribution in [0.1, 0.15) is 45.1 Å². The molecule has 2 N–H and O–H groups in total. The molecule has 3 rings (SSSR count). The molecule has 1 saturated heterocycles. The van der Waals surface area contributed by atoms with Gasteiger partial charge in [-0.1, -0.05) is 12.1 Å². The lowest BCUT2D eigenvalue weighted by molar-refractivity contribution is 0.0205. The van der Waals surface area contributed by atoms with E-state index in [2.05, 4.69) is 17.1 Å². The lowest BCUT2D eigenvalue weighted by atomic mass is 9.87. The number of hydrogen-bond donors (Lipinski definition) is 1. The molecule has 1 aliphatic heterocycles. The number of likely N-dealkylation sites (tertiary alicyclic amines) is 1. The van der Waals surface area contributed by atoms with Gasteiger partial charge in [-0.2, -0.15) is 0 Å². The van der Waals surface area contributed by atoms with Crippen molar-refractivity contribution in [2.45, 2.75) is 45.1 Å². The Morgan fingerprint density at radius 3 is 2.62 bits per heavy atom. The van der Waals surface area contributed by atoms with Gasteiger partial charge in [-0.15, -0.1) is 0 Å². The summed E-state index contributed by atoms with van der Waals surface area (Å²) in [5, 5.41) is 1.12. The van der Waals surface area contributed by atoms with Crippen LogP contribution in [0.4, 0.5) is 10.5 Å². The summed E-state index contributed by atoms with van der Waals surface area (Å²) in [7, 11) is 0. The van der Waals surface area contributed by atoms with Gasteiger partial charge in [0.15, 0.2) is 0 Å². The second-order valence-corrected chi connectivity index (χ2v) is 7.39. The number of amides is 1. The van der Waals surface area contributed by atoms with Crippen molar-refractivity contribution in [3.05, 3.63) is 36.0 Å². The van der Waals surface area contributed by atoms with Crippen molar-refractivity contribution in [1.82, 2.24) is 9.88 Å². The van der Waals surface area contributed by atoms with E-state index in [1.807, 2.05) is 32.9 Å². The number of nitrogen functional groups attached to an aromatic ring is 1. The predicted molar refractivity (Wildman–Crippen MR) is 95.9 cm³/mol. The molecule has 1 aromatic heterocycles. The summed E-state index contributed by atoms with van der Waals surface area (Å²) >= 11 is 0. The van der Waals surface area contributed by atoms with Gasteiger partial charge in [0, 0.05) is 24.7 Å². The first kappa shape index (κ1) is 16.6. The van der Waals surface area contributed by atoms with Crippen molar-refractivity contribution >= 4 is 22.7 Å². The van der Waals surface area contributed by atoms with Gasteiger partial charge in [0.25, 0.3) is 0 Å². The van der Waals surface area contributed by atoms with E-state index < -0.39 is 5.60 Å². The summed E-state index contributed by atoms with van der Waals surface area (Å²) in [4.78, 5) is 18.4. The molecule has 0 aliphatic carbocycles. The molecule has 0 unspecified atom stereocenters. The van der Waals surface area contributed by atoms with Gasteiger partial charge in [0.2, 0.25) is 0 Å². The van der Waals surface area contributed by atoms with E-state index in [-0.39, 0.29) is 6.09 Å². The number of carbonyl (C=O) groups is 1. The first-order valence-electron chi connectivity index (χ1n) is 8.46. The molecule has 0 spiro atoms. The fourth-order valence-corrected chi connectivity index (χ4v) is 3.27. The Labute approximate surface area is 142 Å². The summed E-state index contributed by atoms with van der Waals surface area (Å²) in [5.41, 5.74) is 8.44. The minimum Gasteiger partial charge on any atom is -0.444 e. The average molecular weight is 327 g/mol. The Balaban J connectivity index is 1.74. The number of ether oxygens (including phenoxy) is 1. The normalized spacial score (nSPS) is 16.4. The number of benzene rings is 1. The van der Waals surface area contributed by atoms with Gasteiger partial charge in [-0.05, 0) is 57.2 Å². The van der Waals surface area contributed by atoms with Crippen molar-refractivity contribution in [3.63, 3.8) is 0 Å². The number of nitrogens with zero attached hydrogens (tertiary/aromatic N) is 2. The van der Waals surface area contributed by atoms with Crippen molar-refractivity contribution in [2.24, 2.45) is 0 Å². The van der Waals surface area contributed by atoms with Crippen LogP contribution in [0.2, 0.25) is 0 Å². The van der Waals surface area contributed by atoms with Crippen LogP contribution >= 0.6 is 0 Å². The third kappa shape index (κ3) is 3.45. The molecule has 0 atom stereocenters. The molecule has 0 radical (unpaired) electrons. The van der Waals surface area contributed by atoms with Crippen LogP contribution in [0.3, 0.4) is 0 Å². The Morgan fingerprint density at radius 1 is 1.25 bits per heavy atom. The predicted octanol–water partition coefficient (Wildman–Crippen LogP) is 3.93. The first-order valence-corrected chi connectivity index (χ1v) is 8.46. The molecule has 128 valence electrons. The summed E-state index contributed by atoms with van der Waals surface area (Å²) < 4.78 is 5.46. The number of carbonyl (C=O) groups excluding carboxylic acids is 1. The van der Waals surface area contributed by atoms with Gasteiger partial charge in [-0.3, -0.25) is 4.98 Å². The third-order valence-corrected chi connectivity index (χ3v) is 4.42. The zero-order valence-corrected chi connectivity index (χ0v) is 14.6. The Kier molecular flexibility index (Phi) is 4.35. The van der Waals surface area contributed by atoms with Gasteiger partial charge in [0.05, 0.1) is 11.2 Å². The largest absolute Gasteiger partial charge is 0.444 e. The highest BCUT2D eigenvalue weighted by Gasteiger charge is 2.28. The van der Waals surface area contributed by atoms with Gasteiger partial charge < -0.3 is 15.4 Å². The van der Waals surface area contributed by atoms with E-state index in [0.29, 0.717) is 24.7 Å². The van der Waals surface area contributed by atoms with Gasteiger partial charge in [-0.25, -0.2) is 4.79 Å². The summed E-state index contributed by atoms with van der Waals surface area (Å²) in [6.45, 7) is 7.11. The number of nitrogens with two attached hydrogens (primary N) is 1. The fourth-order valence-electron chi connectivity index (χ4n) is 3.27. The Hall–Kier alpha value is -2.30. The smallest absolute Gasteiger partial charge is 0.410 e. The number of aromatic nitrogens is 1. The molecular formula is C19H25N3O2. The zero-order valence-electron chi connectivity index (χ0n) is 14.6. The maximum Gasteiger partial charge on any atom is 0.410 e. The van der Waals surface area contributed by atoms with Crippen LogP contribution in [0.25, 0.3) is 10.9 Å². The van der Waals surface area contributed by atoms with E-state index in [9.17, 15) is 4.79 Å². The molecule has 5 nitrogen and oxygen atoms in total. The van der Waals surface area contributed by atoms with E-state index in [1.54, 1.807) is 11.1 Å². The van der Waals surface area contributed by atoms with Crippen LogP contribution in [-0.2, 0) is 4.74 Å². The molecule has 0 bridgehead atoms. The van der Waals surface area contributed by atoms with Gasteiger partial charge >= 0.3 is 6.09 Å². The zero-order chi connectivity index (χ0) is 17.3. The van der Waals surface area contributed by atoms with Crippen molar-refractivity contribution in [3.8, 4) is 0 Å². The summed E-state index contributed by atoms with van der Waals surface area (Å²) in [6.07, 6.45) is 3.40. The minimum absolute atomic E-state index is 0.218. The monoisotopic (exact) mass is 327 g/mol. The SMILES string of the molecule is CC(C)(C)OC(=O)N1CCC(c2ccc(N)c3ncccc23)CC1. The molecule has 1 fully saturated rings. The Morgan fingerprint density at radius 2 is 1.96 bits per heavy atom. The fraction of sp³-hybridized carbons (Fsp3) is 0.474. The first-order chi connectivity index (χ1) is 11.3. The molecule has 2 heterocycles. The van der Waals surface area contributed by atoms with Crippen LogP contribution < -0.4 is 5.73 Å². The number of piperidine rings is 1. The van der Waals surface area contributed by atoms with E-state index in [0.717, 1.165) is 23.7 Å². The molecule has 5 heteroatoms. The highest BCUT2D eigenvalue weighted by atomic mass is 16.6. The van der Waals surface area contributed by atoms with Crippen LogP contribution in [0.5, 0.6) is 0 Å². The maximum atomic E-state index is 12.2. The lowest BCUT2D eigenvalue weighted by Crippen LogP contribution is -2.41. The lowest BCUT2D eigenvalue weighted by Gasteiger charge is -2.34. The molecule has 1 aliphatic rings. The molecule has 2 aromatic rings. The van der Waals surface area contributed by atoms with E-state index in [4.69, 9.17) is 10.5 Å². The van der Waals surface area contributed by atoms with Crippen LogP contribution in [0, 0.1) is 0 Å². The average Bonchev–Trinajstić information content (AvgIpc) is 2.54. The Bertz CT molecular complexity index is 744.